The van der Waals surface area contributed by atoms with Crippen LogP contribution in [0.15, 0.2) is 36.4 Å². The van der Waals surface area contributed by atoms with Gasteiger partial charge in [-0.3, -0.25) is 0 Å². The second-order valence-corrected chi connectivity index (χ2v) is 4.05. The zero-order valence-corrected chi connectivity index (χ0v) is 9.12. The minimum atomic E-state index is 0.503. The van der Waals surface area contributed by atoms with Crippen LogP contribution >= 0.6 is 0 Å². The van der Waals surface area contributed by atoms with E-state index in [1.165, 1.54) is 16.3 Å². The molecule has 0 N–H and O–H groups in total. The largest absolute Gasteiger partial charge is 0.115 e. The normalized spacial score (nSPS) is 10.5. The van der Waals surface area contributed by atoms with Crippen LogP contribution in [-0.4, -0.2) is 0 Å². The molecule has 2 aromatic rings. The van der Waals surface area contributed by atoms with Crippen molar-refractivity contribution in [3.8, 4) is 12.3 Å². The molecule has 0 amide bonds. The van der Waals surface area contributed by atoms with E-state index in [2.05, 4.69) is 44.0 Å². The molecule has 0 heterocycles. The number of terminal acetylenes is 1. The molecule has 0 fully saturated rings. The van der Waals surface area contributed by atoms with Gasteiger partial charge in [0.1, 0.15) is 0 Å². The quantitative estimate of drug-likeness (QED) is 0.603. The minimum Gasteiger partial charge on any atom is -0.115 e. The molecule has 0 aliphatic carbocycles. The molecule has 2 aromatic carbocycles. The molecule has 15 heavy (non-hydrogen) atoms. The first-order valence-corrected chi connectivity index (χ1v) is 5.22. The van der Waals surface area contributed by atoms with Crippen LogP contribution in [0.1, 0.15) is 30.9 Å². The topological polar surface area (TPSA) is 0 Å². The zero-order chi connectivity index (χ0) is 10.8. The summed E-state index contributed by atoms with van der Waals surface area (Å²) in [5, 5.41) is 2.47. The van der Waals surface area contributed by atoms with Crippen LogP contribution in [0.3, 0.4) is 0 Å². The predicted octanol–water partition coefficient (Wildman–Crippen LogP) is 3.94. The van der Waals surface area contributed by atoms with Crippen LogP contribution in [0.4, 0.5) is 0 Å². The van der Waals surface area contributed by atoms with E-state index in [1.54, 1.807) is 0 Å². The van der Waals surface area contributed by atoms with Crippen molar-refractivity contribution in [1.29, 1.82) is 0 Å². The zero-order valence-electron chi connectivity index (χ0n) is 9.12. The highest BCUT2D eigenvalue weighted by Gasteiger charge is 2.07. The fraction of sp³-hybridized carbons (Fsp3) is 0.200. The van der Waals surface area contributed by atoms with Gasteiger partial charge in [0.15, 0.2) is 0 Å². The molecule has 0 nitrogen and oxygen atoms in total. The van der Waals surface area contributed by atoms with Gasteiger partial charge in [-0.15, -0.1) is 6.42 Å². The second kappa shape index (κ2) is 3.79. The van der Waals surface area contributed by atoms with Crippen molar-refractivity contribution in [1.82, 2.24) is 0 Å². The molecule has 74 valence electrons. The standard InChI is InChI=1S/C15H14/c1-4-12-7-5-8-13-9-6-10-14(11(2)3)15(12)13/h1,5-11H,2-3H3. The Morgan fingerprint density at radius 3 is 2.33 bits per heavy atom. The lowest BCUT2D eigenvalue weighted by Crippen LogP contribution is -1.91. The van der Waals surface area contributed by atoms with Crippen molar-refractivity contribution in [2.24, 2.45) is 0 Å². The van der Waals surface area contributed by atoms with Gasteiger partial charge >= 0.3 is 0 Å². The third-order valence-corrected chi connectivity index (χ3v) is 2.71. The number of benzene rings is 2. The summed E-state index contributed by atoms with van der Waals surface area (Å²) in [6.45, 7) is 4.39. The van der Waals surface area contributed by atoms with Gasteiger partial charge in [0.05, 0.1) is 0 Å². The molecule has 0 spiro atoms. The summed E-state index contributed by atoms with van der Waals surface area (Å²) in [5.41, 5.74) is 2.33. The van der Waals surface area contributed by atoms with E-state index in [4.69, 9.17) is 6.42 Å². The summed E-state index contributed by atoms with van der Waals surface area (Å²) in [6.07, 6.45) is 5.53. The monoisotopic (exact) mass is 194 g/mol. The highest BCUT2D eigenvalue weighted by atomic mass is 14.1. The molecule has 0 aromatic heterocycles. The molecule has 0 atom stereocenters. The van der Waals surface area contributed by atoms with Gasteiger partial charge in [-0.25, -0.2) is 0 Å². The van der Waals surface area contributed by atoms with Gasteiger partial charge < -0.3 is 0 Å². The Bertz CT molecular complexity index is 522. The molecule has 0 unspecified atom stereocenters. The molecule has 0 aliphatic heterocycles. The summed E-state index contributed by atoms with van der Waals surface area (Å²) in [6, 6.07) is 12.5. The molecular formula is C15H14. The van der Waals surface area contributed by atoms with Gasteiger partial charge in [-0.2, -0.15) is 0 Å². The highest BCUT2D eigenvalue weighted by Crippen LogP contribution is 2.27. The van der Waals surface area contributed by atoms with Gasteiger partial charge in [-0.1, -0.05) is 50.1 Å². The van der Waals surface area contributed by atoms with Crippen LogP contribution in [0, 0.1) is 12.3 Å². The van der Waals surface area contributed by atoms with E-state index < -0.39 is 0 Å². The fourth-order valence-corrected chi connectivity index (χ4v) is 1.97. The van der Waals surface area contributed by atoms with E-state index in [-0.39, 0.29) is 0 Å². The Hall–Kier alpha value is -1.74. The molecule has 0 saturated heterocycles. The third kappa shape index (κ3) is 1.62. The van der Waals surface area contributed by atoms with Crippen LogP contribution in [-0.2, 0) is 0 Å². The van der Waals surface area contributed by atoms with E-state index >= 15 is 0 Å². The van der Waals surface area contributed by atoms with Crippen LogP contribution < -0.4 is 0 Å². The first kappa shape index (κ1) is 9.80. The van der Waals surface area contributed by atoms with E-state index in [0.717, 1.165) is 5.56 Å². The Balaban J connectivity index is 2.89. The van der Waals surface area contributed by atoms with Crippen molar-refractivity contribution in [3.63, 3.8) is 0 Å². The van der Waals surface area contributed by atoms with Gasteiger partial charge in [0, 0.05) is 10.9 Å². The third-order valence-electron chi connectivity index (χ3n) is 2.71. The molecule has 0 heteroatoms. The minimum absolute atomic E-state index is 0.503. The summed E-state index contributed by atoms with van der Waals surface area (Å²) in [7, 11) is 0. The highest BCUT2D eigenvalue weighted by molar-refractivity contribution is 5.91. The lowest BCUT2D eigenvalue weighted by Gasteiger charge is -2.11. The van der Waals surface area contributed by atoms with E-state index in [0.29, 0.717) is 5.92 Å². The first-order valence-electron chi connectivity index (χ1n) is 5.22. The van der Waals surface area contributed by atoms with Crippen LogP contribution in [0.25, 0.3) is 10.8 Å². The Labute approximate surface area is 90.9 Å². The maximum Gasteiger partial charge on any atom is 0.0323 e. The average molecular weight is 194 g/mol. The number of hydrogen-bond donors (Lipinski definition) is 0. The van der Waals surface area contributed by atoms with Crippen molar-refractivity contribution >= 4 is 10.8 Å². The van der Waals surface area contributed by atoms with E-state index in [9.17, 15) is 0 Å². The van der Waals surface area contributed by atoms with Crippen molar-refractivity contribution < 1.29 is 0 Å². The molecule has 0 bridgehead atoms. The molecule has 0 aliphatic rings. The average Bonchev–Trinajstić information content (AvgIpc) is 2.27. The Morgan fingerprint density at radius 1 is 1.07 bits per heavy atom. The summed E-state index contributed by atoms with van der Waals surface area (Å²) < 4.78 is 0. The number of rotatable bonds is 1. The number of fused-ring (bicyclic) bond motifs is 1. The van der Waals surface area contributed by atoms with Crippen LogP contribution in [0.2, 0.25) is 0 Å². The molecule has 0 saturated carbocycles. The Morgan fingerprint density at radius 2 is 1.73 bits per heavy atom. The number of hydrogen-bond acceptors (Lipinski definition) is 0. The SMILES string of the molecule is C#Cc1cccc2cccc(C(C)C)c12. The lowest BCUT2D eigenvalue weighted by atomic mass is 9.93. The predicted molar refractivity (Wildman–Crippen MR) is 66.0 cm³/mol. The van der Waals surface area contributed by atoms with Gasteiger partial charge in [-0.05, 0) is 22.9 Å². The Kier molecular flexibility index (Phi) is 2.47. The fourth-order valence-electron chi connectivity index (χ4n) is 1.97. The molecule has 2 rings (SSSR count). The first-order chi connectivity index (χ1) is 7.24. The van der Waals surface area contributed by atoms with Gasteiger partial charge in [0.2, 0.25) is 0 Å². The van der Waals surface area contributed by atoms with Crippen LogP contribution in [0.5, 0.6) is 0 Å². The van der Waals surface area contributed by atoms with Crippen molar-refractivity contribution in [2.75, 3.05) is 0 Å². The lowest BCUT2D eigenvalue weighted by molar-refractivity contribution is 0.876. The second-order valence-electron chi connectivity index (χ2n) is 4.05. The molecular weight excluding hydrogens is 180 g/mol. The smallest absolute Gasteiger partial charge is 0.0323 e. The molecule has 0 radical (unpaired) electrons. The maximum absolute atomic E-state index is 5.53. The summed E-state index contributed by atoms with van der Waals surface area (Å²) in [5.74, 6) is 3.27. The van der Waals surface area contributed by atoms with Gasteiger partial charge in [0.25, 0.3) is 0 Å². The van der Waals surface area contributed by atoms with E-state index in [1.807, 2.05) is 12.1 Å². The van der Waals surface area contributed by atoms with Crippen molar-refractivity contribution in [3.05, 3.63) is 47.5 Å². The maximum atomic E-state index is 5.53. The van der Waals surface area contributed by atoms with Crippen molar-refractivity contribution in [2.45, 2.75) is 19.8 Å². The summed E-state index contributed by atoms with van der Waals surface area (Å²) in [4.78, 5) is 0. The summed E-state index contributed by atoms with van der Waals surface area (Å²) >= 11 is 0.